The van der Waals surface area contributed by atoms with Crippen molar-refractivity contribution in [1.82, 2.24) is 14.9 Å². The largest absolute Gasteiger partial charge is 0.353 e. The third-order valence-corrected chi connectivity index (χ3v) is 6.66. The van der Waals surface area contributed by atoms with Crippen molar-refractivity contribution in [3.05, 3.63) is 71.3 Å². The maximum atomic E-state index is 10.1. The van der Waals surface area contributed by atoms with Gasteiger partial charge in [-0.2, -0.15) is 5.26 Å². The first-order valence-electron chi connectivity index (χ1n) is 11.4. The van der Waals surface area contributed by atoms with Crippen LogP contribution in [0, 0.1) is 11.3 Å². The fraction of sp³-hybridized carbons (Fsp3) is 0.370. The van der Waals surface area contributed by atoms with E-state index >= 15 is 0 Å². The molecule has 1 aliphatic heterocycles. The Hall–Kier alpha value is -2.88. The molecule has 0 amide bonds. The number of benzene rings is 2. The van der Waals surface area contributed by atoms with Crippen LogP contribution in [0.4, 0.5) is 5.82 Å². The second kappa shape index (κ2) is 9.94. The lowest BCUT2D eigenvalue weighted by molar-refractivity contribution is 0.249. The van der Waals surface area contributed by atoms with E-state index < -0.39 is 0 Å². The van der Waals surface area contributed by atoms with E-state index in [-0.39, 0.29) is 5.41 Å². The molecule has 0 saturated carbocycles. The van der Waals surface area contributed by atoms with Crippen LogP contribution in [0.2, 0.25) is 0 Å². The molecule has 1 saturated heterocycles. The van der Waals surface area contributed by atoms with E-state index in [4.69, 9.17) is 9.97 Å². The van der Waals surface area contributed by atoms with Gasteiger partial charge in [-0.05, 0) is 22.8 Å². The molecule has 0 aliphatic carbocycles. The molecule has 5 nitrogen and oxygen atoms in total. The van der Waals surface area contributed by atoms with Crippen LogP contribution < -0.4 is 4.90 Å². The summed E-state index contributed by atoms with van der Waals surface area (Å²) >= 11 is 1.52. The summed E-state index contributed by atoms with van der Waals surface area (Å²) in [6, 6.07) is 21.4. The Bertz CT molecular complexity index is 1120. The first-order valence-corrected chi connectivity index (χ1v) is 12.6. The van der Waals surface area contributed by atoms with Crippen molar-refractivity contribution in [2.24, 2.45) is 0 Å². The predicted molar refractivity (Wildman–Crippen MR) is 137 cm³/mol. The lowest BCUT2D eigenvalue weighted by atomic mass is 9.86. The van der Waals surface area contributed by atoms with Gasteiger partial charge in [0.15, 0.2) is 11.0 Å². The molecule has 1 fully saturated rings. The van der Waals surface area contributed by atoms with E-state index in [9.17, 15) is 5.26 Å². The third kappa shape index (κ3) is 5.38. The SMILES string of the molecule is CSc1nc(-c2ccc(C(C)(C)C)cc2)c(C#N)c(N2CCN(Cc3ccccc3)CC2)n1. The van der Waals surface area contributed by atoms with Crippen LogP contribution in [0.15, 0.2) is 59.8 Å². The van der Waals surface area contributed by atoms with Crippen LogP contribution >= 0.6 is 11.8 Å². The minimum atomic E-state index is 0.0806. The van der Waals surface area contributed by atoms with E-state index in [1.807, 2.05) is 6.26 Å². The average Bonchev–Trinajstić information content (AvgIpc) is 2.84. The van der Waals surface area contributed by atoms with Crippen LogP contribution in [0.25, 0.3) is 11.3 Å². The quantitative estimate of drug-likeness (QED) is 0.380. The summed E-state index contributed by atoms with van der Waals surface area (Å²) in [4.78, 5) is 14.2. The topological polar surface area (TPSA) is 56.1 Å². The molecular formula is C27H31N5S. The maximum Gasteiger partial charge on any atom is 0.189 e. The fourth-order valence-electron chi connectivity index (χ4n) is 4.15. The van der Waals surface area contributed by atoms with Crippen molar-refractivity contribution in [1.29, 1.82) is 5.26 Å². The van der Waals surface area contributed by atoms with E-state index in [0.29, 0.717) is 10.7 Å². The van der Waals surface area contributed by atoms with E-state index in [0.717, 1.165) is 49.8 Å². The Labute approximate surface area is 201 Å². The molecule has 2 aromatic carbocycles. The minimum Gasteiger partial charge on any atom is -0.353 e. The van der Waals surface area contributed by atoms with E-state index in [1.54, 1.807) is 0 Å². The molecule has 1 aliphatic rings. The number of hydrogen-bond acceptors (Lipinski definition) is 6. The number of nitriles is 1. The van der Waals surface area contributed by atoms with Crippen LogP contribution in [-0.2, 0) is 12.0 Å². The molecule has 33 heavy (non-hydrogen) atoms. The van der Waals surface area contributed by atoms with Crippen molar-refractivity contribution in [3.63, 3.8) is 0 Å². The Balaban J connectivity index is 1.60. The van der Waals surface area contributed by atoms with Gasteiger partial charge in [0.25, 0.3) is 0 Å². The lowest BCUT2D eigenvalue weighted by Crippen LogP contribution is -2.46. The molecule has 0 radical (unpaired) electrons. The second-order valence-corrected chi connectivity index (χ2v) is 10.2. The monoisotopic (exact) mass is 457 g/mol. The summed E-state index contributed by atoms with van der Waals surface area (Å²) in [5.41, 5.74) is 4.92. The summed E-state index contributed by atoms with van der Waals surface area (Å²) in [5.74, 6) is 0.756. The third-order valence-electron chi connectivity index (χ3n) is 6.11. The van der Waals surface area contributed by atoms with Gasteiger partial charge in [-0.1, -0.05) is 87.1 Å². The normalized spacial score (nSPS) is 14.8. The van der Waals surface area contributed by atoms with Gasteiger partial charge in [0.1, 0.15) is 11.6 Å². The van der Waals surface area contributed by atoms with Crippen molar-refractivity contribution < 1.29 is 0 Å². The fourth-order valence-corrected chi connectivity index (χ4v) is 4.51. The number of thioether (sulfide) groups is 1. The first-order chi connectivity index (χ1) is 15.9. The second-order valence-electron chi connectivity index (χ2n) is 9.45. The molecule has 0 unspecified atom stereocenters. The van der Waals surface area contributed by atoms with E-state index in [2.05, 4.69) is 91.2 Å². The zero-order chi connectivity index (χ0) is 23.4. The molecule has 1 aromatic heterocycles. The summed E-state index contributed by atoms with van der Waals surface area (Å²) < 4.78 is 0. The zero-order valence-corrected chi connectivity index (χ0v) is 20.7. The molecule has 0 atom stereocenters. The summed E-state index contributed by atoms with van der Waals surface area (Å²) in [5, 5.41) is 10.8. The number of rotatable bonds is 5. The number of hydrogen-bond donors (Lipinski definition) is 0. The average molecular weight is 458 g/mol. The molecule has 3 aromatic rings. The predicted octanol–water partition coefficient (Wildman–Crippen LogP) is 5.36. The highest BCUT2D eigenvalue weighted by Gasteiger charge is 2.24. The van der Waals surface area contributed by atoms with Gasteiger partial charge < -0.3 is 4.90 Å². The highest BCUT2D eigenvalue weighted by molar-refractivity contribution is 7.98. The van der Waals surface area contributed by atoms with Crippen molar-refractivity contribution in [2.45, 2.75) is 37.9 Å². The van der Waals surface area contributed by atoms with E-state index in [1.165, 1.54) is 22.9 Å². The maximum absolute atomic E-state index is 10.1. The van der Waals surface area contributed by atoms with Crippen molar-refractivity contribution in [2.75, 3.05) is 37.3 Å². The molecule has 0 bridgehead atoms. The van der Waals surface area contributed by atoms with Gasteiger partial charge in [0.2, 0.25) is 0 Å². The standard InChI is InChI=1S/C27H31N5S/c1-27(2,3)22-12-10-21(11-13-22)24-23(18-28)25(30-26(29-24)33-4)32-16-14-31(15-17-32)19-20-8-6-5-7-9-20/h5-13H,14-17,19H2,1-4H3. The van der Waals surface area contributed by atoms with Crippen LogP contribution in [0.1, 0.15) is 37.5 Å². The van der Waals surface area contributed by atoms with Gasteiger partial charge in [-0.3, -0.25) is 4.90 Å². The lowest BCUT2D eigenvalue weighted by Gasteiger charge is -2.36. The minimum absolute atomic E-state index is 0.0806. The molecule has 2 heterocycles. The number of anilines is 1. The number of nitrogens with zero attached hydrogens (tertiary/aromatic N) is 5. The summed E-state index contributed by atoms with van der Waals surface area (Å²) in [6.45, 7) is 11.1. The highest BCUT2D eigenvalue weighted by Crippen LogP contribution is 2.32. The van der Waals surface area contributed by atoms with Gasteiger partial charge in [0.05, 0.1) is 5.69 Å². The van der Waals surface area contributed by atoms with Gasteiger partial charge in [0, 0.05) is 38.3 Å². The van der Waals surface area contributed by atoms with Gasteiger partial charge >= 0.3 is 0 Å². The Morgan fingerprint density at radius 3 is 2.18 bits per heavy atom. The van der Waals surface area contributed by atoms with Gasteiger partial charge in [-0.25, -0.2) is 9.97 Å². The van der Waals surface area contributed by atoms with Crippen LogP contribution in [0.3, 0.4) is 0 Å². The molecule has 4 rings (SSSR count). The number of piperazine rings is 1. The summed E-state index contributed by atoms with van der Waals surface area (Å²) in [6.07, 6.45) is 1.98. The number of aromatic nitrogens is 2. The Kier molecular flexibility index (Phi) is 7.02. The van der Waals surface area contributed by atoms with Crippen molar-refractivity contribution in [3.8, 4) is 17.3 Å². The van der Waals surface area contributed by atoms with Gasteiger partial charge in [-0.15, -0.1) is 0 Å². The van der Waals surface area contributed by atoms with Crippen LogP contribution in [0.5, 0.6) is 0 Å². The Morgan fingerprint density at radius 1 is 0.939 bits per heavy atom. The van der Waals surface area contributed by atoms with Crippen LogP contribution in [-0.4, -0.2) is 47.3 Å². The molecule has 170 valence electrons. The first kappa shape index (κ1) is 23.3. The molecule has 0 spiro atoms. The Morgan fingerprint density at radius 2 is 1.61 bits per heavy atom. The smallest absolute Gasteiger partial charge is 0.189 e. The highest BCUT2D eigenvalue weighted by atomic mass is 32.2. The molecular weight excluding hydrogens is 426 g/mol. The summed E-state index contributed by atoms with van der Waals surface area (Å²) in [7, 11) is 0. The van der Waals surface area contributed by atoms with Crippen molar-refractivity contribution >= 4 is 17.6 Å². The molecule has 6 heteroatoms. The zero-order valence-electron chi connectivity index (χ0n) is 19.9. The molecule has 0 N–H and O–H groups in total.